The number of nitrogens with zero attached hydrogens (tertiary/aromatic N) is 1. The third kappa shape index (κ3) is 4.32. The van der Waals surface area contributed by atoms with E-state index >= 15 is 0 Å². The second kappa shape index (κ2) is 7.08. The molecule has 0 radical (unpaired) electrons. The first-order valence-corrected chi connectivity index (χ1v) is 4.88. The van der Waals surface area contributed by atoms with Crippen molar-refractivity contribution in [1.29, 1.82) is 0 Å². The van der Waals surface area contributed by atoms with Crippen molar-refractivity contribution in [3.05, 3.63) is 12.2 Å². The average molecular weight is 167 g/mol. The van der Waals surface area contributed by atoms with E-state index in [0.29, 0.717) is 5.92 Å². The SMILES string of the molecule is C=C(CN=CC)C(CC)CCC. The zero-order valence-electron chi connectivity index (χ0n) is 8.64. The normalized spacial score (nSPS) is 13.6. The molecule has 0 spiro atoms. The summed E-state index contributed by atoms with van der Waals surface area (Å²) in [6.07, 6.45) is 5.55. The van der Waals surface area contributed by atoms with Gasteiger partial charge in [-0.1, -0.05) is 32.4 Å². The minimum Gasteiger partial charge on any atom is -0.293 e. The fourth-order valence-corrected chi connectivity index (χ4v) is 1.38. The Morgan fingerprint density at radius 3 is 2.58 bits per heavy atom. The van der Waals surface area contributed by atoms with Gasteiger partial charge in [-0.3, -0.25) is 4.99 Å². The summed E-state index contributed by atoms with van der Waals surface area (Å²) >= 11 is 0. The minimum absolute atomic E-state index is 0.679. The summed E-state index contributed by atoms with van der Waals surface area (Å²) in [5.41, 5.74) is 1.29. The molecule has 1 unspecified atom stereocenters. The molecule has 1 atom stereocenters. The lowest BCUT2D eigenvalue weighted by Crippen LogP contribution is -2.04. The molecule has 0 saturated carbocycles. The van der Waals surface area contributed by atoms with E-state index < -0.39 is 0 Å². The van der Waals surface area contributed by atoms with Gasteiger partial charge in [-0.05, 0) is 31.9 Å². The fourth-order valence-electron chi connectivity index (χ4n) is 1.38. The van der Waals surface area contributed by atoms with Gasteiger partial charge in [0.2, 0.25) is 0 Å². The van der Waals surface area contributed by atoms with Crippen molar-refractivity contribution in [1.82, 2.24) is 0 Å². The lowest BCUT2D eigenvalue weighted by Gasteiger charge is -2.14. The molecule has 0 aliphatic carbocycles. The summed E-state index contributed by atoms with van der Waals surface area (Å²) in [7, 11) is 0. The van der Waals surface area contributed by atoms with Gasteiger partial charge in [0.1, 0.15) is 0 Å². The third-order valence-corrected chi connectivity index (χ3v) is 2.18. The number of hydrogen-bond acceptors (Lipinski definition) is 1. The second-order valence-corrected chi connectivity index (χ2v) is 3.15. The Bertz CT molecular complexity index is 147. The van der Waals surface area contributed by atoms with Crippen molar-refractivity contribution >= 4 is 6.21 Å². The van der Waals surface area contributed by atoms with Gasteiger partial charge >= 0.3 is 0 Å². The molecule has 0 rings (SSSR count). The predicted molar refractivity (Wildman–Crippen MR) is 56.9 cm³/mol. The van der Waals surface area contributed by atoms with Gasteiger partial charge in [0.25, 0.3) is 0 Å². The largest absolute Gasteiger partial charge is 0.293 e. The van der Waals surface area contributed by atoms with Crippen molar-refractivity contribution in [2.24, 2.45) is 10.9 Å². The van der Waals surface area contributed by atoms with Crippen LogP contribution in [0.4, 0.5) is 0 Å². The van der Waals surface area contributed by atoms with E-state index in [1.54, 1.807) is 0 Å². The summed E-state index contributed by atoms with van der Waals surface area (Å²) in [6, 6.07) is 0. The molecule has 0 aromatic carbocycles. The maximum absolute atomic E-state index is 4.20. The summed E-state index contributed by atoms with van der Waals surface area (Å²) < 4.78 is 0. The first kappa shape index (κ1) is 11.4. The summed E-state index contributed by atoms with van der Waals surface area (Å²) in [4.78, 5) is 4.20. The Labute approximate surface area is 76.6 Å². The van der Waals surface area contributed by atoms with Crippen LogP contribution in [0.3, 0.4) is 0 Å². The Hall–Kier alpha value is -0.590. The Morgan fingerprint density at radius 1 is 1.50 bits per heavy atom. The van der Waals surface area contributed by atoms with Crippen molar-refractivity contribution < 1.29 is 0 Å². The highest BCUT2D eigenvalue weighted by molar-refractivity contribution is 5.53. The molecule has 70 valence electrons. The van der Waals surface area contributed by atoms with E-state index in [1.807, 2.05) is 13.1 Å². The standard InChI is InChI=1S/C11H21N/c1-5-8-11(6-2)10(4)9-12-7-3/h7,11H,4-6,8-9H2,1-3H3. The molecule has 1 nitrogen and oxygen atoms in total. The zero-order chi connectivity index (χ0) is 9.40. The van der Waals surface area contributed by atoms with Gasteiger partial charge in [-0.2, -0.15) is 0 Å². The number of rotatable bonds is 6. The molecule has 0 aromatic rings. The van der Waals surface area contributed by atoms with E-state index in [4.69, 9.17) is 0 Å². The van der Waals surface area contributed by atoms with Crippen molar-refractivity contribution in [2.75, 3.05) is 6.54 Å². The maximum Gasteiger partial charge on any atom is 0.0595 e. The van der Waals surface area contributed by atoms with Gasteiger partial charge in [-0.15, -0.1) is 0 Å². The van der Waals surface area contributed by atoms with E-state index in [9.17, 15) is 0 Å². The number of hydrogen-bond donors (Lipinski definition) is 0. The molecule has 1 heteroatoms. The van der Waals surface area contributed by atoms with E-state index in [2.05, 4.69) is 25.4 Å². The lowest BCUT2D eigenvalue weighted by molar-refractivity contribution is 0.529. The van der Waals surface area contributed by atoms with Crippen LogP contribution >= 0.6 is 0 Å². The molecule has 12 heavy (non-hydrogen) atoms. The molecule has 0 bridgehead atoms. The van der Waals surface area contributed by atoms with Crippen LogP contribution < -0.4 is 0 Å². The molecule has 0 fully saturated rings. The van der Waals surface area contributed by atoms with Crippen LogP contribution in [0.1, 0.15) is 40.0 Å². The molecule has 0 aliphatic rings. The quantitative estimate of drug-likeness (QED) is 0.424. The van der Waals surface area contributed by atoms with Crippen LogP contribution in [-0.4, -0.2) is 12.8 Å². The Morgan fingerprint density at radius 2 is 2.17 bits per heavy atom. The van der Waals surface area contributed by atoms with Crippen LogP contribution in [-0.2, 0) is 0 Å². The van der Waals surface area contributed by atoms with Gasteiger partial charge in [0, 0.05) is 0 Å². The zero-order valence-corrected chi connectivity index (χ0v) is 8.64. The minimum atomic E-state index is 0.679. The predicted octanol–water partition coefficient (Wildman–Crippen LogP) is 3.46. The monoisotopic (exact) mass is 167 g/mol. The van der Waals surface area contributed by atoms with E-state index in [0.717, 1.165) is 6.54 Å². The van der Waals surface area contributed by atoms with Crippen LogP contribution in [0.2, 0.25) is 0 Å². The topological polar surface area (TPSA) is 12.4 Å². The van der Waals surface area contributed by atoms with Gasteiger partial charge in [-0.25, -0.2) is 0 Å². The highest BCUT2D eigenvalue weighted by Gasteiger charge is 2.07. The van der Waals surface area contributed by atoms with Gasteiger partial charge in [0.05, 0.1) is 6.54 Å². The highest BCUT2D eigenvalue weighted by atomic mass is 14.7. The highest BCUT2D eigenvalue weighted by Crippen LogP contribution is 2.19. The maximum atomic E-state index is 4.20. The van der Waals surface area contributed by atoms with Crippen LogP contribution in [0, 0.1) is 5.92 Å². The molecule has 0 N–H and O–H groups in total. The van der Waals surface area contributed by atoms with Crippen LogP contribution in [0.15, 0.2) is 17.1 Å². The van der Waals surface area contributed by atoms with Crippen LogP contribution in [0.25, 0.3) is 0 Å². The van der Waals surface area contributed by atoms with E-state index in [-0.39, 0.29) is 0 Å². The smallest absolute Gasteiger partial charge is 0.0595 e. The van der Waals surface area contributed by atoms with E-state index in [1.165, 1.54) is 24.8 Å². The second-order valence-electron chi connectivity index (χ2n) is 3.15. The summed E-state index contributed by atoms with van der Waals surface area (Å²) in [6.45, 7) is 11.3. The Balaban J connectivity index is 3.85. The molecule has 0 aliphatic heterocycles. The summed E-state index contributed by atoms with van der Waals surface area (Å²) in [5, 5.41) is 0. The first-order chi connectivity index (χ1) is 5.76. The number of aliphatic imine (C=N–C) groups is 1. The van der Waals surface area contributed by atoms with Crippen molar-refractivity contribution in [3.63, 3.8) is 0 Å². The van der Waals surface area contributed by atoms with Crippen LogP contribution in [0.5, 0.6) is 0 Å². The van der Waals surface area contributed by atoms with Crippen molar-refractivity contribution in [3.8, 4) is 0 Å². The first-order valence-electron chi connectivity index (χ1n) is 4.88. The summed E-state index contributed by atoms with van der Waals surface area (Å²) in [5.74, 6) is 0.679. The molecular formula is C11H21N. The van der Waals surface area contributed by atoms with Gasteiger partial charge < -0.3 is 0 Å². The third-order valence-electron chi connectivity index (χ3n) is 2.18. The fraction of sp³-hybridized carbons (Fsp3) is 0.727. The molecule has 0 saturated heterocycles. The molecule has 0 aromatic heterocycles. The Kier molecular flexibility index (Phi) is 6.73. The van der Waals surface area contributed by atoms with Crippen molar-refractivity contribution in [2.45, 2.75) is 40.0 Å². The molecular weight excluding hydrogens is 146 g/mol. The molecule has 0 amide bonds. The van der Waals surface area contributed by atoms with Gasteiger partial charge in [0.15, 0.2) is 0 Å². The lowest BCUT2D eigenvalue weighted by atomic mass is 9.93. The average Bonchev–Trinajstić information content (AvgIpc) is 2.10. The molecule has 0 heterocycles.